The molecule has 2 aromatic heterocycles. The van der Waals surface area contributed by atoms with Gasteiger partial charge in [-0.1, -0.05) is 0 Å². The van der Waals surface area contributed by atoms with Gasteiger partial charge < -0.3 is 14.9 Å². The summed E-state index contributed by atoms with van der Waals surface area (Å²) in [5.41, 5.74) is 1.04. The second-order valence-electron chi connectivity index (χ2n) is 5.64. The smallest absolute Gasteiger partial charge is 0.342 e. The highest BCUT2D eigenvalue weighted by Gasteiger charge is 2.45. The minimum absolute atomic E-state index is 0.0904. The molecule has 0 aromatic carbocycles. The molecule has 122 valence electrons. The molecule has 2 atom stereocenters. The van der Waals surface area contributed by atoms with Crippen molar-refractivity contribution < 1.29 is 14.5 Å². The summed E-state index contributed by atoms with van der Waals surface area (Å²) in [5, 5.41) is 15.0. The Hall–Kier alpha value is -2.71. The molecule has 2 aromatic rings. The Kier molecular flexibility index (Phi) is 3.85. The van der Waals surface area contributed by atoms with E-state index in [1.54, 1.807) is 17.8 Å². The van der Waals surface area contributed by atoms with Crippen molar-refractivity contribution in [3.05, 3.63) is 40.1 Å². The molecule has 9 nitrogen and oxygen atoms in total. The zero-order valence-electron chi connectivity index (χ0n) is 12.9. The van der Waals surface area contributed by atoms with Crippen molar-refractivity contribution in [3.63, 3.8) is 0 Å². The van der Waals surface area contributed by atoms with E-state index in [4.69, 9.17) is 4.74 Å². The van der Waals surface area contributed by atoms with Crippen LogP contribution in [0.15, 0.2) is 18.6 Å². The van der Waals surface area contributed by atoms with Crippen molar-refractivity contribution in [2.45, 2.75) is 25.8 Å². The molecule has 0 bridgehead atoms. The molecule has 2 unspecified atom stereocenters. The molecular weight excluding hydrogens is 302 g/mol. The molecule has 9 heteroatoms. The molecule has 23 heavy (non-hydrogen) atoms. The van der Waals surface area contributed by atoms with Crippen molar-refractivity contribution in [2.75, 3.05) is 6.61 Å². The van der Waals surface area contributed by atoms with E-state index >= 15 is 0 Å². The van der Waals surface area contributed by atoms with Crippen LogP contribution in [0.1, 0.15) is 23.7 Å². The van der Waals surface area contributed by atoms with Crippen LogP contribution >= 0.6 is 0 Å². The largest absolute Gasteiger partial charge is 0.461 e. The van der Waals surface area contributed by atoms with Gasteiger partial charge in [0.1, 0.15) is 19.3 Å². The number of rotatable bonds is 6. The standard InChI is InChI=1S/C14H17N5O4/c1-9-15-7-13(19(21)22)18(9)3-4-23-14(20)12-5-11(12)10-6-16-17(2)8-10/h6-8,11-12H,3-5H2,1-2H3. The van der Waals surface area contributed by atoms with Gasteiger partial charge in [0.2, 0.25) is 0 Å². The first-order chi connectivity index (χ1) is 11.0. The van der Waals surface area contributed by atoms with Crippen LogP contribution in [0.4, 0.5) is 5.82 Å². The fourth-order valence-electron chi connectivity index (χ4n) is 2.68. The van der Waals surface area contributed by atoms with Crippen LogP contribution in [0.3, 0.4) is 0 Å². The molecule has 0 saturated heterocycles. The van der Waals surface area contributed by atoms with Gasteiger partial charge >= 0.3 is 11.8 Å². The van der Waals surface area contributed by atoms with E-state index in [1.807, 2.05) is 13.2 Å². The van der Waals surface area contributed by atoms with E-state index in [9.17, 15) is 14.9 Å². The lowest BCUT2D eigenvalue weighted by Gasteiger charge is -2.05. The first-order valence-electron chi connectivity index (χ1n) is 7.29. The van der Waals surface area contributed by atoms with Crippen molar-refractivity contribution >= 4 is 11.8 Å². The van der Waals surface area contributed by atoms with Crippen LogP contribution in [-0.2, 0) is 23.1 Å². The lowest BCUT2D eigenvalue weighted by molar-refractivity contribution is -0.392. The number of nitrogens with zero attached hydrogens (tertiary/aromatic N) is 5. The number of aryl methyl sites for hydroxylation is 2. The normalized spacial score (nSPS) is 19.6. The van der Waals surface area contributed by atoms with E-state index in [0.29, 0.717) is 5.82 Å². The van der Waals surface area contributed by atoms with E-state index in [2.05, 4.69) is 10.1 Å². The Morgan fingerprint density at radius 1 is 1.52 bits per heavy atom. The number of imidazole rings is 1. The van der Waals surface area contributed by atoms with Gasteiger partial charge in [-0.15, -0.1) is 0 Å². The van der Waals surface area contributed by atoms with Crippen LogP contribution < -0.4 is 0 Å². The fraction of sp³-hybridized carbons (Fsp3) is 0.500. The number of hydrogen-bond acceptors (Lipinski definition) is 6. The number of ether oxygens (including phenoxy) is 1. The summed E-state index contributed by atoms with van der Waals surface area (Å²) >= 11 is 0. The summed E-state index contributed by atoms with van der Waals surface area (Å²) in [7, 11) is 1.83. The highest BCUT2D eigenvalue weighted by Crippen LogP contribution is 2.47. The Balaban J connectivity index is 1.51. The third kappa shape index (κ3) is 3.08. The summed E-state index contributed by atoms with van der Waals surface area (Å²) in [5.74, 6) is 0.184. The monoisotopic (exact) mass is 319 g/mol. The minimum atomic E-state index is -0.499. The van der Waals surface area contributed by atoms with Gasteiger partial charge in [0, 0.05) is 26.1 Å². The first-order valence-corrected chi connectivity index (χ1v) is 7.29. The Labute approximate surface area is 132 Å². The van der Waals surface area contributed by atoms with E-state index in [1.165, 1.54) is 10.8 Å². The summed E-state index contributed by atoms with van der Waals surface area (Å²) < 4.78 is 8.38. The quantitative estimate of drug-likeness (QED) is 0.450. The molecule has 0 N–H and O–H groups in total. The van der Waals surface area contributed by atoms with Crippen LogP contribution in [0.2, 0.25) is 0 Å². The molecule has 2 heterocycles. The second kappa shape index (κ2) is 5.82. The van der Waals surface area contributed by atoms with Gasteiger partial charge in [-0.2, -0.15) is 5.10 Å². The average molecular weight is 319 g/mol. The van der Waals surface area contributed by atoms with Crippen molar-refractivity contribution in [2.24, 2.45) is 13.0 Å². The molecular formula is C14H17N5O4. The van der Waals surface area contributed by atoms with Crippen LogP contribution in [-0.4, -0.2) is 36.8 Å². The number of nitro groups is 1. The van der Waals surface area contributed by atoms with Gasteiger partial charge in [-0.3, -0.25) is 9.48 Å². The lowest BCUT2D eigenvalue weighted by Crippen LogP contribution is -2.15. The van der Waals surface area contributed by atoms with Crippen molar-refractivity contribution in [1.82, 2.24) is 19.3 Å². The van der Waals surface area contributed by atoms with Gasteiger partial charge in [0.05, 0.1) is 12.1 Å². The number of carbonyl (C=O) groups excluding carboxylic acids is 1. The summed E-state index contributed by atoms with van der Waals surface area (Å²) in [6.07, 6.45) is 5.62. The number of esters is 1. The molecule has 1 aliphatic carbocycles. The Bertz CT molecular complexity index is 750. The topological polar surface area (TPSA) is 105 Å². The molecule has 1 aliphatic rings. The average Bonchev–Trinajstić information content (AvgIpc) is 3.06. The SMILES string of the molecule is Cc1ncc([N+](=O)[O-])n1CCOC(=O)C1CC1c1cnn(C)c1. The third-order valence-corrected chi connectivity index (χ3v) is 4.03. The second-order valence-corrected chi connectivity index (χ2v) is 5.64. The lowest BCUT2D eigenvalue weighted by atomic mass is 10.2. The molecule has 0 spiro atoms. The predicted octanol–water partition coefficient (Wildman–Crippen LogP) is 1.18. The molecule has 1 fully saturated rings. The minimum Gasteiger partial charge on any atom is -0.461 e. The van der Waals surface area contributed by atoms with E-state index < -0.39 is 4.92 Å². The summed E-state index contributed by atoms with van der Waals surface area (Å²) in [6, 6.07) is 0. The fourth-order valence-corrected chi connectivity index (χ4v) is 2.68. The van der Waals surface area contributed by atoms with E-state index in [-0.39, 0.29) is 36.8 Å². The Morgan fingerprint density at radius 3 is 2.96 bits per heavy atom. The van der Waals surface area contributed by atoms with Crippen molar-refractivity contribution in [1.29, 1.82) is 0 Å². The molecule has 0 aliphatic heterocycles. The summed E-state index contributed by atoms with van der Waals surface area (Å²) in [4.78, 5) is 26.3. The third-order valence-electron chi connectivity index (χ3n) is 4.03. The highest BCUT2D eigenvalue weighted by molar-refractivity contribution is 5.77. The molecule has 0 amide bonds. The maximum atomic E-state index is 12.0. The first kappa shape index (κ1) is 15.2. The van der Waals surface area contributed by atoms with E-state index in [0.717, 1.165) is 12.0 Å². The highest BCUT2D eigenvalue weighted by atomic mass is 16.6. The number of hydrogen-bond donors (Lipinski definition) is 0. The maximum Gasteiger partial charge on any atom is 0.342 e. The number of carbonyl (C=O) groups is 1. The van der Waals surface area contributed by atoms with Crippen LogP contribution in [0.25, 0.3) is 0 Å². The molecule has 3 rings (SSSR count). The van der Waals surface area contributed by atoms with Crippen LogP contribution in [0.5, 0.6) is 0 Å². The zero-order valence-corrected chi connectivity index (χ0v) is 12.9. The van der Waals surface area contributed by atoms with Gasteiger partial charge in [-0.25, -0.2) is 9.55 Å². The molecule has 0 radical (unpaired) electrons. The van der Waals surface area contributed by atoms with Gasteiger partial charge in [0.25, 0.3) is 0 Å². The van der Waals surface area contributed by atoms with Gasteiger partial charge in [-0.05, 0) is 16.9 Å². The predicted molar refractivity (Wildman–Crippen MR) is 78.6 cm³/mol. The van der Waals surface area contributed by atoms with Gasteiger partial charge in [0.15, 0.2) is 5.82 Å². The number of aromatic nitrogens is 4. The Morgan fingerprint density at radius 2 is 2.30 bits per heavy atom. The summed E-state index contributed by atoms with van der Waals surface area (Å²) in [6.45, 7) is 1.99. The van der Waals surface area contributed by atoms with Crippen molar-refractivity contribution in [3.8, 4) is 0 Å². The molecule has 1 saturated carbocycles. The zero-order chi connectivity index (χ0) is 16.6. The van der Waals surface area contributed by atoms with Crippen LogP contribution in [0, 0.1) is 23.0 Å². The maximum absolute atomic E-state index is 12.0.